The van der Waals surface area contributed by atoms with E-state index in [1.54, 1.807) is 16.1 Å². The van der Waals surface area contributed by atoms with Crippen LogP contribution in [0.4, 0.5) is 0 Å². The smallest absolute Gasteiger partial charge is 0.265 e. The van der Waals surface area contributed by atoms with Gasteiger partial charge in [0.1, 0.15) is 0 Å². The van der Waals surface area contributed by atoms with Gasteiger partial charge in [0.05, 0.1) is 6.54 Å². The molecule has 0 aromatic carbocycles. The third-order valence-corrected chi connectivity index (χ3v) is 2.61. The molecule has 2 heterocycles. The number of nitrogens with zero attached hydrogens (tertiary/aromatic N) is 2. The van der Waals surface area contributed by atoms with Crippen molar-refractivity contribution in [3.8, 4) is 0 Å². The molecule has 0 spiro atoms. The number of carbonyl (C=O) groups excluding carboxylic acids is 2. The summed E-state index contributed by atoms with van der Waals surface area (Å²) in [7, 11) is 0. The lowest BCUT2D eigenvalue weighted by Crippen LogP contribution is -2.49. The van der Waals surface area contributed by atoms with Crippen LogP contribution in [0.5, 0.6) is 0 Å². The molecule has 0 radical (unpaired) electrons. The number of hydrogen-bond donors (Lipinski definition) is 0. The summed E-state index contributed by atoms with van der Waals surface area (Å²) in [5.74, 6) is 0.0189. The average molecular weight is 194 g/mol. The van der Waals surface area contributed by atoms with Gasteiger partial charge in [-0.3, -0.25) is 14.6 Å². The molecular formula is C10H14N2O2. The van der Waals surface area contributed by atoms with Crippen LogP contribution in [0.2, 0.25) is 0 Å². The summed E-state index contributed by atoms with van der Waals surface area (Å²) in [6, 6.07) is 0. The van der Waals surface area contributed by atoms with Crippen LogP contribution in [0.3, 0.4) is 0 Å². The molecule has 0 unspecified atom stereocenters. The standard InChI is InChI=1S/C10H14N2O2/c1-8-6-10(14)12(7-8)11-5-3-2-4-9(11)13/h6H,2-5,7H2,1H3. The molecule has 0 bridgehead atoms. The minimum absolute atomic E-state index is 0.0576. The molecule has 4 heteroatoms. The third-order valence-electron chi connectivity index (χ3n) is 2.61. The number of piperidine rings is 1. The largest absolute Gasteiger partial charge is 0.273 e. The van der Waals surface area contributed by atoms with Gasteiger partial charge >= 0.3 is 0 Å². The van der Waals surface area contributed by atoms with E-state index in [1.807, 2.05) is 6.92 Å². The highest BCUT2D eigenvalue weighted by Gasteiger charge is 2.30. The maximum absolute atomic E-state index is 11.5. The fraction of sp³-hybridized carbons (Fsp3) is 0.600. The maximum atomic E-state index is 11.5. The molecule has 2 rings (SSSR count). The van der Waals surface area contributed by atoms with E-state index in [1.165, 1.54) is 0 Å². The molecule has 76 valence electrons. The first kappa shape index (κ1) is 9.24. The van der Waals surface area contributed by atoms with Gasteiger partial charge in [0.15, 0.2) is 0 Å². The van der Waals surface area contributed by atoms with Gasteiger partial charge in [0.25, 0.3) is 5.91 Å². The second-order valence-corrected chi connectivity index (χ2v) is 3.86. The molecule has 0 atom stereocenters. The van der Waals surface area contributed by atoms with Gasteiger partial charge in [-0.15, -0.1) is 0 Å². The molecule has 0 aliphatic carbocycles. The zero-order valence-electron chi connectivity index (χ0n) is 8.32. The molecule has 1 saturated heterocycles. The first-order valence-electron chi connectivity index (χ1n) is 4.97. The zero-order chi connectivity index (χ0) is 10.1. The van der Waals surface area contributed by atoms with Crippen LogP contribution >= 0.6 is 0 Å². The number of rotatable bonds is 1. The van der Waals surface area contributed by atoms with Crippen molar-refractivity contribution in [3.05, 3.63) is 11.6 Å². The van der Waals surface area contributed by atoms with E-state index in [4.69, 9.17) is 0 Å². The molecule has 14 heavy (non-hydrogen) atoms. The summed E-state index contributed by atoms with van der Waals surface area (Å²) in [6.45, 7) is 3.17. The van der Waals surface area contributed by atoms with Crippen LogP contribution in [0.1, 0.15) is 26.2 Å². The molecule has 0 aromatic rings. The van der Waals surface area contributed by atoms with Crippen molar-refractivity contribution < 1.29 is 9.59 Å². The van der Waals surface area contributed by atoms with Gasteiger partial charge in [-0.2, -0.15) is 0 Å². The Labute approximate surface area is 83.1 Å². The van der Waals surface area contributed by atoms with Crippen molar-refractivity contribution in [2.75, 3.05) is 13.1 Å². The highest BCUT2D eigenvalue weighted by molar-refractivity contribution is 5.92. The van der Waals surface area contributed by atoms with E-state index >= 15 is 0 Å². The van der Waals surface area contributed by atoms with Crippen molar-refractivity contribution in [3.63, 3.8) is 0 Å². The lowest BCUT2D eigenvalue weighted by molar-refractivity contribution is -0.161. The van der Waals surface area contributed by atoms with Gasteiger partial charge in [-0.05, 0) is 25.3 Å². The molecule has 2 amide bonds. The summed E-state index contributed by atoms with van der Waals surface area (Å²) in [5.41, 5.74) is 1.02. The summed E-state index contributed by atoms with van der Waals surface area (Å²) in [6.07, 6.45) is 4.11. The lowest BCUT2D eigenvalue weighted by Gasteiger charge is -2.34. The lowest BCUT2D eigenvalue weighted by atomic mass is 10.1. The van der Waals surface area contributed by atoms with Crippen LogP contribution in [0.25, 0.3) is 0 Å². The predicted molar refractivity (Wildman–Crippen MR) is 51.0 cm³/mol. The Kier molecular flexibility index (Phi) is 2.27. The van der Waals surface area contributed by atoms with Crippen molar-refractivity contribution in [1.29, 1.82) is 0 Å². The highest BCUT2D eigenvalue weighted by Crippen LogP contribution is 2.18. The molecule has 0 saturated carbocycles. The molecule has 1 fully saturated rings. The second-order valence-electron chi connectivity index (χ2n) is 3.86. The fourth-order valence-corrected chi connectivity index (χ4v) is 1.90. The first-order valence-corrected chi connectivity index (χ1v) is 4.97. The minimum Gasteiger partial charge on any atom is -0.273 e. The number of carbonyl (C=O) groups is 2. The summed E-state index contributed by atoms with van der Waals surface area (Å²) < 4.78 is 0. The molecule has 2 aliphatic rings. The summed E-state index contributed by atoms with van der Waals surface area (Å²) in [4.78, 5) is 23.0. The van der Waals surface area contributed by atoms with E-state index < -0.39 is 0 Å². The van der Waals surface area contributed by atoms with Crippen LogP contribution in [-0.2, 0) is 9.59 Å². The monoisotopic (exact) mass is 194 g/mol. The normalized spacial score (nSPS) is 23.1. The third kappa shape index (κ3) is 1.52. The Morgan fingerprint density at radius 2 is 2.00 bits per heavy atom. The van der Waals surface area contributed by atoms with Gasteiger partial charge in [-0.1, -0.05) is 0 Å². The van der Waals surface area contributed by atoms with Gasteiger partial charge in [0, 0.05) is 19.0 Å². The van der Waals surface area contributed by atoms with E-state index in [-0.39, 0.29) is 11.8 Å². The van der Waals surface area contributed by atoms with Gasteiger partial charge in [-0.25, -0.2) is 5.01 Å². The Bertz CT molecular complexity index is 309. The van der Waals surface area contributed by atoms with Crippen LogP contribution in [0.15, 0.2) is 11.6 Å². The Morgan fingerprint density at radius 1 is 1.21 bits per heavy atom. The van der Waals surface area contributed by atoms with E-state index in [0.29, 0.717) is 19.5 Å². The molecule has 0 aromatic heterocycles. The quantitative estimate of drug-likeness (QED) is 0.616. The minimum atomic E-state index is -0.0576. The first-order chi connectivity index (χ1) is 6.68. The van der Waals surface area contributed by atoms with Crippen molar-refractivity contribution >= 4 is 11.8 Å². The van der Waals surface area contributed by atoms with E-state index in [0.717, 1.165) is 18.4 Å². The average Bonchev–Trinajstić information content (AvgIpc) is 2.46. The molecule has 0 N–H and O–H groups in total. The Balaban J connectivity index is 2.08. The fourth-order valence-electron chi connectivity index (χ4n) is 1.90. The number of amides is 2. The van der Waals surface area contributed by atoms with Gasteiger partial charge in [0.2, 0.25) is 5.91 Å². The maximum Gasteiger partial charge on any atom is 0.265 e. The molecule has 4 nitrogen and oxygen atoms in total. The second kappa shape index (κ2) is 3.44. The van der Waals surface area contributed by atoms with Gasteiger partial charge < -0.3 is 0 Å². The molecule has 2 aliphatic heterocycles. The number of hydrazine groups is 1. The van der Waals surface area contributed by atoms with E-state index in [9.17, 15) is 9.59 Å². The highest BCUT2D eigenvalue weighted by atomic mass is 16.2. The molecular weight excluding hydrogens is 180 g/mol. The van der Waals surface area contributed by atoms with Crippen molar-refractivity contribution in [1.82, 2.24) is 10.0 Å². The predicted octanol–water partition coefficient (Wildman–Crippen LogP) is 0.702. The van der Waals surface area contributed by atoms with Crippen LogP contribution < -0.4 is 0 Å². The topological polar surface area (TPSA) is 40.6 Å². The van der Waals surface area contributed by atoms with Crippen LogP contribution in [-0.4, -0.2) is 34.9 Å². The number of hydrogen-bond acceptors (Lipinski definition) is 2. The van der Waals surface area contributed by atoms with Crippen LogP contribution in [0, 0.1) is 0 Å². The van der Waals surface area contributed by atoms with Crippen molar-refractivity contribution in [2.45, 2.75) is 26.2 Å². The van der Waals surface area contributed by atoms with E-state index in [2.05, 4.69) is 0 Å². The van der Waals surface area contributed by atoms with Crippen molar-refractivity contribution in [2.24, 2.45) is 0 Å². The SMILES string of the molecule is CC1=CC(=O)N(N2CCCCC2=O)C1. The Morgan fingerprint density at radius 3 is 2.57 bits per heavy atom. The zero-order valence-corrected chi connectivity index (χ0v) is 8.32. The summed E-state index contributed by atoms with van der Waals surface area (Å²) in [5, 5.41) is 3.15. The Hall–Kier alpha value is -1.32. The summed E-state index contributed by atoms with van der Waals surface area (Å²) >= 11 is 0.